The van der Waals surface area contributed by atoms with Crippen molar-refractivity contribution in [1.29, 1.82) is 0 Å². The normalized spacial score (nSPS) is 18.0. The molecule has 1 aromatic carbocycles. The van der Waals surface area contributed by atoms with Crippen LogP contribution in [0.4, 0.5) is 0 Å². The smallest absolute Gasteiger partial charge is 0.224 e. The maximum absolute atomic E-state index is 12.1. The fourth-order valence-electron chi connectivity index (χ4n) is 2.49. The zero-order valence-electron chi connectivity index (χ0n) is 12.4. The lowest BCUT2D eigenvalue weighted by Crippen LogP contribution is -2.25. The summed E-state index contributed by atoms with van der Waals surface area (Å²) in [4.78, 5) is 25.0. The van der Waals surface area contributed by atoms with Crippen LogP contribution in [0.2, 0.25) is 0 Å². The maximum Gasteiger partial charge on any atom is 0.224 e. The van der Waals surface area contributed by atoms with Crippen molar-refractivity contribution in [3.8, 4) is 11.5 Å². The predicted octanol–water partition coefficient (Wildman–Crippen LogP) is 2.08. The molecule has 0 N–H and O–H groups in total. The minimum atomic E-state index is 0.0478. The number of hydrogen-bond acceptors (Lipinski definition) is 5. The summed E-state index contributed by atoms with van der Waals surface area (Å²) in [7, 11) is 3.17. The van der Waals surface area contributed by atoms with Crippen molar-refractivity contribution in [2.45, 2.75) is 25.1 Å². The van der Waals surface area contributed by atoms with Crippen LogP contribution in [-0.2, 0) is 16.1 Å². The molecule has 2 rings (SSSR count). The second-order valence-electron chi connectivity index (χ2n) is 4.86. The van der Waals surface area contributed by atoms with Gasteiger partial charge in [-0.15, -0.1) is 0 Å². The Labute approximate surface area is 128 Å². The Morgan fingerprint density at radius 3 is 2.76 bits per heavy atom. The minimum Gasteiger partial charge on any atom is -0.493 e. The molecule has 6 heteroatoms. The lowest BCUT2D eigenvalue weighted by Gasteiger charge is -2.19. The fourth-order valence-corrected chi connectivity index (χ4v) is 3.44. The number of hydrogen-bond donors (Lipinski definition) is 0. The van der Waals surface area contributed by atoms with Crippen LogP contribution in [0.3, 0.4) is 0 Å². The van der Waals surface area contributed by atoms with Gasteiger partial charge in [0.25, 0.3) is 0 Å². The highest BCUT2D eigenvalue weighted by Gasteiger charge is 2.31. The van der Waals surface area contributed by atoms with Gasteiger partial charge in [0.1, 0.15) is 0 Å². The van der Waals surface area contributed by atoms with E-state index in [9.17, 15) is 9.59 Å². The van der Waals surface area contributed by atoms with E-state index >= 15 is 0 Å². The SMILES string of the molecule is COc1cccc(CN2CC(SC(C)=O)CC2=O)c1OC. The fraction of sp³-hybridized carbons (Fsp3) is 0.467. The van der Waals surface area contributed by atoms with Gasteiger partial charge in [0.15, 0.2) is 16.6 Å². The average molecular weight is 309 g/mol. The van der Waals surface area contributed by atoms with Gasteiger partial charge in [-0.05, 0) is 6.07 Å². The van der Waals surface area contributed by atoms with E-state index < -0.39 is 0 Å². The number of methoxy groups -OCH3 is 2. The first-order valence-electron chi connectivity index (χ1n) is 6.70. The van der Waals surface area contributed by atoms with Gasteiger partial charge in [0, 0.05) is 37.2 Å². The summed E-state index contributed by atoms with van der Waals surface area (Å²) in [6.45, 7) is 2.58. The number of amides is 1. The van der Waals surface area contributed by atoms with Crippen LogP contribution in [0.15, 0.2) is 18.2 Å². The summed E-state index contributed by atoms with van der Waals surface area (Å²) in [5.74, 6) is 1.37. The Morgan fingerprint density at radius 1 is 1.38 bits per heavy atom. The number of ether oxygens (including phenoxy) is 2. The van der Waals surface area contributed by atoms with Gasteiger partial charge in [-0.25, -0.2) is 0 Å². The summed E-state index contributed by atoms with van der Waals surface area (Å²) >= 11 is 1.24. The second kappa shape index (κ2) is 6.85. The molecule has 5 nitrogen and oxygen atoms in total. The molecular formula is C15H19NO4S. The molecule has 1 fully saturated rings. The molecule has 1 heterocycles. The molecule has 114 valence electrons. The van der Waals surface area contributed by atoms with Crippen LogP contribution in [0.5, 0.6) is 11.5 Å². The molecule has 0 radical (unpaired) electrons. The zero-order chi connectivity index (χ0) is 15.4. The van der Waals surface area contributed by atoms with Crippen LogP contribution < -0.4 is 9.47 Å². The molecule has 1 aliphatic heterocycles. The Bertz CT molecular complexity index is 546. The van der Waals surface area contributed by atoms with Crippen molar-refractivity contribution in [3.05, 3.63) is 23.8 Å². The van der Waals surface area contributed by atoms with E-state index in [1.807, 2.05) is 18.2 Å². The van der Waals surface area contributed by atoms with Crippen LogP contribution >= 0.6 is 11.8 Å². The number of thioether (sulfide) groups is 1. The molecule has 0 bridgehead atoms. The molecule has 1 atom stereocenters. The summed E-state index contributed by atoms with van der Waals surface area (Å²) in [6, 6.07) is 5.61. The number of carbonyl (C=O) groups is 2. The Kier molecular flexibility index (Phi) is 5.12. The molecule has 21 heavy (non-hydrogen) atoms. The van der Waals surface area contributed by atoms with E-state index in [0.29, 0.717) is 31.0 Å². The average Bonchev–Trinajstić information content (AvgIpc) is 2.77. The molecule has 1 amide bonds. The third-order valence-electron chi connectivity index (χ3n) is 3.36. The van der Waals surface area contributed by atoms with E-state index in [1.165, 1.54) is 18.7 Å². The number of likely N-dealkylation sites (tertiary alicyclic amines) is 1. The third-order valence-corrected chi connectivity index (χ3v) is 4.34. The molecule has 1 aliphatic rings. The van der Waals surface area contributed by atoms with E-state index in [4.69, 9.17) is 9.47 Å². The Hall–Kier alpha value is -1.69. The van der Waals surface area contributed by atoms with Gasteiger partial charge in [0.2, 0.25) is 5.91 Å². The summed E-state index contributed by atoms with van der Waals surface area (Å²) < 4.78 is 10.6. The Morgan fingerprint density at radius 2 is 2.14 bits per heavy atom. The van der Waals surface area contributed by atoms with E-state index in [1.54, 1.807) is 19.1 Å². The predicted molar refractivity (Wildman–Crippen MR) is 81.6 cm³/mol. The minimum absolute atomic E-state index is 0.0478. The van der Waals surface area contributed by atoms with Crippen LogP contribution in [0.1, 0.15) is 18.9 Å². The maximum atomic E-state index is 12.1. The first kappa shape index (κ1) is 15.7. The van der Waals surface area contributed by atoms with Crippen molar-refractivity contribution in [1.82, 2.24) is 4.90 Å². The van der Waals surface area contributed by atoms with Gasteiger partial charge in [-0.3, -0.25) is 9.59 Å². The van der Waals surface area contributed by atoms with Crippen LogP contribution in [0.25, 0.3) is 0 Å². The lowest BCUT2D eigenvalue weighted by molar-refractivity contribution is -0.128. The molecule has 0 aromatic heterocycles. The number of carbonyl (C=O) groups excluding carboxylic acids is 2. The highest BCUT2D eigenvalue weighted by atomic mass is 32.2. The number of para-hydroxylation sites is 1. The molecule has 0 spiro atoms. The van der Waals surface area contributed by atoms with Crippen molar-refractivity contribution in [2.24, 2.45) is 0 Å². The first-order chi connectivity index (χ1) is 10.0. The molecule has 1 saturated heterocycles. The number of nitrogens with zero attached hydrogens (tertiary/aromatic N) is 1. The quantitative estimate of drug-likeness (QED) is 0.833. The van der Waals surface area contributed by atoms with E-state index in [2.05, 4.69) is 0 Å². The highest BCUT2D eigenvalue weighted by Crippen LogP contribution is 2.33. The van der Waals surface area contributed by atoms with Crippen molar-refractivity contribution < 1.29 is 19.1 Å². The second-order valence-corrected chi connectivity index (χ2v) is 6.34. The summed E-state index contributed by atoms with van der Waals surface area (Å²) in [5, 5.41) is 0.0974. The molecule has 0 aliphatic carbocycles. The molecular weight excluding hydrogens is 290 g/mol. The largest absolute Gasteiger partial charge is 0.493 e. The molecule has 1 aromatic rings. The Balaban J connectivity index is 2.12. The van der Waals surface area contributed by atoms with Gasteiger partial charge in [0.05, 0.1) is 14.2 Å². The van der Waals surface area contributed by atoms with Gasteiger partial charge < -0.3 is 14.4 Å². The number of rotatable bonds is 5. The standard InChI is InChI=1S/C15H19NO4S/c1-10(17)21-12-7-14(18)16(9-12)8-11-5-4-6-13(19-2)15(11)20-3/h4-6,12H,7-9H2,1-3H3. The summed E-state index contributed by atoms with van der Waals surface area (Å²) in [5.41, 5.74) is 0.902. The van der Waals surface area contributed by atoms with Gasteiger partial charge >= 0.3 is 0 Å². The van der Waals surface area contributed by atoms with E-state index in [-0.39, 0.29) is 16.3 Å². The topological polar surface area (TPSA) is 55.8 Å². The van der Waals surface area contributed by atoms with Crippen molar-refractivity contribution in [3.63, 3.8) is 0 Å². The monoisotopic (exact) mass is 309 g/mol. The van der Waals surface area contributed by atoms with Crippen molar-refractivity contribution >= 4 is 22.8 Å². The van der Waals surface area contributed by atoms with Crippen molar-refractivity contribution in [2.75, 3.05) is 20.8 Å². The van der Waals surface area contributed by atoms with Gasteiger partial charge in [-0.1, -0.05) is 23.9 Å². The number of benzene rings is 1. The molecule has 1 unspecified atom stereocenters. The van der Waals surface area contributed by atoms with Crippen LogP contribution in [0, 0.1) is 0 Å². The third kappa shape index (κ3) is 3.69. The van der Waals surface area contributed by atoms with E-state index in [0.717, 1.165) is 5.56 Å². The molecule has 0 saturated carbocycles. The summed E-state index contributed by atoms with van der Waals surface area (Å²) in [6.07, 6.45) is 0.413. The first-order valence-corrected chi connectivity index (χ1v) is 7.58. The van der Waals surface area contributed by atoms with Gasteiger partial charge in [-0.2, -0.15) is 0 Å². The zero-order valence-corrected chi connectivity index (χ0v) is 13.2. The lowest BCUT2D eigenvalue weighted by atomic mass is 10.1. The van der Waals surface area contributed by atoms with Crippen LogP contribution in [-0.4, -0.2) is 41.9 Å². The highest BCUT2D eigenvalue weighted by molar-refractivity contribution is 8.14.